The topological polar surface area (TPSA) is 107 Å². The minimum absolute atomic E-state index is 0.0876. The lowest BCUT2D eigenvalue weighted by molar-refractivity contribution is -0.115. The monoisotopic (exact) mass is 423 g/mol. The zero-order valence-corrected chi connectivity index (χ0v) is 17.1. The number of fused-ring (bicyclic) bond motifs is 1. The number of anilines is 2. The average Bonchev–Trinajstić information content (AvgIpc) is 3.33. The zero-order chi connectivity index (χ0) is 22.0. The van der Waals surface area contributed by atoms with Gasteiger partial charge in [0.2, 0.25) is 5.91 Å². The number of hydrogen-bond acceptors (Lipinski definition) is 6. The number of ether oxygens (including phenoxy) is 1. The maximum Gasteiger partial charge on any atom is 0.414 e. The van der Waals surface area contributed by atoms with Crippen LogP contribution < -0.4 is 15.5 Å². The van der Waals surface area contributed by atoms with Crippen molar-refractivity contribution in [2.45, 2.75) is 39.1 Å². The van der Waals surface area contributed by atoms with Crippen LogP contribution in [0.3, 0.4) is 0 Å². The quantitative estimate of drug-likeness (QED) is 0.663. The highest BCUT2D eigenvalue weighted by atomic mass is 19.1. The molecule has 160 valence electrons. The summed E-state index contributed by atoms with van der Waals surface area (Å²) in [5.41, 5.74) is 4.44. The standard InChI is InChI=1S/C22H22FN5O3/c1-13-16(9-24)6-17(10-26-13)28-12-18(31-22(28)30)4-5-25-11-19-15(8-23)3-2-14-7-20(29)27-21(14)19/h2-3,6,10,18,25H,4-5,7-8,11-12H2,1H3,(H,27,29). The fourth-order valence-corrected chi connectivity index (χ4v) is 3.87. The molecular formula is C22H22FN5O3. The summed E-state index contributed by atoms with van der Waals surface area (Å²) in [5.74, 6) is -0.0876. The van der Waals surface area contributed by atoms with Gasteiger partial charge in [-0.25, -0.2) is 9.18 Å². The molecule has 31 heavy (non-hydrogen) atoms. The van der Waals surface area contributed by atoms with E-state index in [-0.39, 0.29) is 12.0 Å². The number of carbonyl (C=O) groups is 2. The molecule has 0 saturated carbocycles. The van der Waals surface area contributed by atoms with E-state index in [1.807, 2.05) is 0 Å². The van der Waals surface area contributed by atoms with Crippen LogP contribution in [0.4, 0.5) is 20.6 Å². The maximum absolute atomic E-state index is 13.4. The van der Waals surface area contributed by atoms with Gasteiger partial charge in [-0.05, 0) is 42.6 Å². The number of cyclic esters (lactones) is 1. The molecule has 0 aliphatic carbocycles. The number of aromatic nitrogens is 1. The van der Waals surface area contributed by atoms with E-state index in [0.29, 0.717) is 60.7 Å². The molecule has 2 N–H and O–H groups in total. The molecule has 2 aromatic rings. The average molecular weight is 423 g/mol. The summed E-state index contributed by atoms with van der Waals surface area (Å²) in [7, 11) is 0. The lowest BCUT2D eigenvalue weighted by atomic mass is 10.0. The molecule has 9 heteroatoms. The molecule has 1 aromatic heterocycles. The Labute approximate surface area is 179 Å². The van der Waals surface area contributed by atoms with E-state index in [4.69, 9.17) is 4.74 Å². The molecule has 2 amide bonds. The Morgan fingerprint density at radius 1 is 1.42 bits per heavy atom. The van der Waals surface area contributed by atoms with Crippen LogP contribution in [0.25, 0.3) is 0 Å². The minimum Gasteiger partial charge on any atom is -0.444 e. The third-order valence-electron chi connectivity index (χ3n) is 5.58. The van der Waals surface area contributed by atoms with Crippen molar-refractivity contribution in [3.63, 3.8) is 0 Å². The summed E-state index contributed by atoms with van der Waals surface area (Å²) in [5, 5.41) is 15.2. The number of alkyl halides is 1. The summed E-state index contributed by atoms with van der Waals surface area (Å²) in [6.07, 6.45) is 1.65. The third-order valence-corrected chi connectivity index (χ3v) is 5.58. The van der Waals surface area contributed by atoms with E-state index < -0.39 is 12.8 Å². The summed E-state index contributed by atoms with van der Waals surface area (Å²) in [6, 6.07) is 7.21. The first-order chi connectivity index (χ1) is 15.0. The van der Waals surface area contributed by atoms with Gasteiger partial charge in [0.1, 0.15) is 18.8 Å². The Morgan fingerprint density at radius 2 is 2.26 bits per heavy atom. The van der Waals surface area contributed by atoms with E-state index in [0.717, 1.165) is 11.1 Å². The molecule has 2 aliphatic heterocycles. The molecule has 1 unspecified atom stereocenters. The van der Waals surface area contributed by atoms with Gasteiger partial charge in [-0.1, -0.05) is 12.1 Å². The Morgan fingerprint density at radius 3 is 3.03 bits per heavy atom. The number of amides is 2. The fraction of sp³-hybridized carbons (Fsp3) is 0.364. The van der Waals surface area contributed by atoms with Gasteiger partial charge < -0.3 is 15.4 Å². The molecule has 0 spiro atoms. The van der Waals surface area contributed by atoms with E-state index in [2.05, 4.69) is 21.7 Å². The summed E-state index contributed by atoms with van der Waals surface area (Å²) in [4.78, 5) is 29.6. The van der Waals surface area contributed by atoms with Crippen LogP contribution >= 0.6 is 0 Å². The predicted octanol–water partition coefficient (Wildman–Crippen LogP) is 2.73. The smallest absolute Gasteiger partial charge is 0.414 e. The molecule has 0 bridgehead atoms. The Bertz CT molecular complexity index is 1080. The second-order valence-electron chi connectivity index (χ2n) is 7.62. The van der Waals surface area contributed by atoms with Crippen molar-refractivity contribution >= 4 is 23.4 Å². The van der Waals surface area contributed by atoms with Gasteiger partial charge in [0.25, 0.3) is 0 Å². The van der Waals surface area contributed by atoms with Crippen LogP contribution in [0, 0.1) is 18.3 Å². The van der Waals surface area contributed by atoms with Crippen molar-refractivity contribution < 1.29 is 18.7 Å². The van der Waals surface area contributed by atoms with Crippen molar-refractivity contribution in [1.29, 1.82) is 5.26 Å². The highest BCUT2D eigenvalue weighted by molar-refractivity contribution is 6.00. The molecule has 1 fully saturated rings. The van der Waals surface area contributed by atoms with E-state index in [1.165, 1.54) is 4.90 Å². The fourth-order valence-electron chi connectivity index (χ4n) is 3.87. The van der Waals surface area contributed by atoms with Crippen LogP contribution in [0.5, 0.6) is 0 Å². The number of benzene rings is 1. The lowest BCUT2D eigenvalue weighted by Crippen LogP contribution is -2.26. The highest BCUT2D eigenvalue weighted by Crippen LogP contribution is 2.30. The number of nitrogens with one attached hydrogen (secondary N) is 2. The first-order valence-electron chi connectivity index (χ1n) is 10.0. The van der Waals surface area contributed by atoms with Gasteiger partial charge in [-0.15, -0.1) is 0 Å². The van der Waals surface area contributed by atoms with Crippen molar-refractivity contribution in [3.8, 4) is 6.07 Å². The minimum atomic E-state index is -0.607. The molecular weight excluding hydrogens is 401 g/mol. The largest absolute Gasteiger partial charge is 0.444 e. The maximum atomic E-state index is 13.4. The molecule has 0 radical (unpaired) electrons. The molecule has 1 atom stereocenters. The first-order valence-corrected chi connectivity index (χ1v) is 10.0. The number of halogens is 1. The number of rotatable bonds is 7. The summed E-state index contributed by atoms with van der Waals surface area (Å²) < 4.78 is 18.8. The van der Waals surface area contributed by atoms with Crippen molar-refractivity contribution in [3.05, 3.63) is 52.3 Å². The molecule has 1 aromatic carbocycles. The van der Waals surface area contributed by atoms with Crippen molar-refractivity contribution in [2.24, 2.45) is 0 Å². The number of aryl methyl sites for hydroxylation is 1. The third kappa shape index (κ3) is 4.20. The van der Waals surface area contributed by atoms with Gasteiger partial charge in [0.15, 0.2) is 0 Å². The number of carbonyl (C=O) groups excluding carboxylic acids is 2. The van der Waals surface area contributed by atoms with Crippen molar-refractivity contribution in [1.82, 2.24) is 10.3 Å². The van der Waals surface area contributed by atoms with Crippen LogP contribution in [0.1, 0.15) is 34.4 Å². The molecule has 2 aliphatic rings. The number of nitrogens with zero attached hydrogens (tertiary/aromatic N) is 3. The molecule has 1 saturated heterocycles. The highest BCUT2D eigenvalue weighted by Gasteiger charge is 2.32. The van der Waals surface area contributed by atoms with Gasteiger partial charge in [-0.2, -0.15) is 5.26 Å². The van der Waals surface area contributed by atoms with Crippen LogP contribution in [0.2, 0.25) is 0 Å². The van der Waals surface area contributed by atoms with Gasteiger partial charge >= 0.3 is 6.09 Å². The van der Waals surface area contributed by atoms with Crippen molar-refractivity contribution in [2.75, 3.05) is 23.3 Å². The second kappa shape index (κ2) is 8.70. The Hall–Kier alpha value is -3.51. The predicted molar refractivity (Wildman–Crippen MR) is 111 cm³/mol. The van der Waals surface area contributed by atoms with E-state index in [1.54, 1.807) is 31.3 Å². The number of hydrogen-bond donors (Lipinski definition) is 2. The summed E-state index contributed by atoms with van der Waals surface area (Å²) in [6.45, 7) is 2.44. The molecule has 8 nitrogen and oxygen atoms in total. The van der Waals surface area contributed by atoms with Gasteiger partial charge in [0, 0.05) is 12.2 Å². The SMILES string of the molecule is Cc1ncc(N2CC(CCNCc3c(CF)ccc4c3NC(=O)C4)OC2=O)cc1C#N. The molecule has 3 heterocycles. The lowest BCUT2D eigenvalue weighted by Gasteiger charge is -2.15. The van der Waals surface area contributed by atoms with Crippen LogP contribution in [0.15, 0.2) is 24.4 Å². The Kier molecular flexibility index (Phi) is 5.82. The number of pyridine rings is 1. The second-order valence-corrected chi connectivity index (χ2v) is 7.62. The first kappa shape index (κ1) is 20.8. The van der Waals surface area contributed by atoms with E-state index >= 15 is 0 Å². The van der Waals surface area contributed by atoms with Crippen LogP contribution in [-0.2, 0) is 29.2 Å². The number of nitriles is 1. The van der Waals surface area contributed by atoms with Gasteiger partial charge in [0.05, 0.1) is 36.1 Å². The summed E-state index contributed by atoms with van der Waals surface area (Å²) >= 11 is 0. The Balaban J connectivity index is 1.34. The van der Waals surface area contributed by atoms with Crippen LogP contribution in [-0.4, -0.2) is 36.2 Å². The van der Waals surface area contributed by atoms with Gasteiger partial charge in [-0.3, -0.25) is 14.7 Å². The normalized spacial score (nSPS) is 17.3. The van der Waals surface area contributed by atoms with E-state index in [9.17, 15) is 19.2 Å². The zero-order valence-electron chi connectivity index (χ0n) is 17.1. The molecule has 4 rings (SSSR count).